The second-order valence-corrected chi connectivity index (χ2v) is 4.78. The van der Waals surface area contributed by atoms with Crippen LogP contribution in [0.2, 0.25) is 5.02 Å². The van der Waals surface area contributed by atoms with Crippen LogP contribution >= 0.6 is 24.2 Å². The summed E-state index contributed by atoms with van der Waals surface area (Å²) in [6.45, 7) is 1.96. The van der Waals surface area contributed by atoms with Crippen molar-refractivity contribution in [1.29, 1.82) is 0 Å². The highest BCUT2D eigenvalue weighted by atomic mass is 35.5. The molecule has 0 amide bonds. The first kappa shape index (κ1) is 12.1. The summed E-state index contributed by atoms with van der Waals surface area (Å²) in [4.78, 5) is 0.779. The van der Waals surface area contributed by atoms with Crippen molar-refractivity contribution < 1.29 is 0 Å². The van der Waals surface area contributed by atoms with Gasteiger partial charge in [0, 0.05) is 27.0 Å². The molecular weight excluding hydrogens is 252 g/mol. The van der Waals surface area contributed by atoms with Crippen molar-refractivity contribution in [2.45, 2.75) is 11.8 Å². The number of hydrogen-bond acceptors (Lipinski definition) is 3. The maximum absolute atomic E-state index is 5.84. The topological polar surface area (TPSA) is 38.0 Å². The van der Waals surface area contributed by atoms with Gasteiger partial charge in [0.2, 0.25) is 0 Å². The summed E-state index contributed by atoms with van der Waals surface area (Å²) in [5, 5.41) is 4.00. The van der Waals surface area contributed by atoms with Crippen LogP contribution in [0.1, 0.15) is 5.56 Å². The van der Waals surface area contributed by atoms with Gasteiger partial charge in [-0.3, -0.25) is 0 Å². The number of halogens is 1. The molecule has 0 aliphatic rings. The lowest BCUT2D eigenvalue weighted by molar-refractivity contribution is 1.36. The van der Waals surface area contributed by atoms with E-state index in [-0.39, 0.29) is 0 Å². The normalized spacial score (nSPS) is 10.3. The van der Waals surface area contributed by atoms with E-state index in [2.05, 4.69) is 17.9 Å². The van der Waals surface area contributed by atoms with E-state index in [1.165, 1.54) is 0 Å². The van der Waals surface area contributed by atoms with Crippen molar-refractivity contribution in [3.8, 4) is 0 Å². The zero-order valence-corrected chi connectivity index (χ0v) is 11.0. The molecule has 2 nitrogen and oxygen atoms in total. The maximum Gasteiger partial charge on any atom is 0.0480 e. The Labute approximate surface area is 111 Å². The molecule has 0 spiro atoms. The molecule has 17 heavy (non-hydrogen) atoms. The minimum absolute atomic E-state index is 0.718. The molecule has 0 bridgehead atoms. The lowest BCUT2D eigenvalue weighted by Gasteiger charge is -2.10. The van der Waals surface area contributed by atoms with Crippen molar-refractivity contribution in [2.24, 2.45) is 0 Å². The number of aryl methyl sites for hydroxylation is 1. The molecule has 2 rings (SSSR count). The third kappa shape index (κ3) is 2.87. The Morgan fingerprint density at radius 1 is 1.12 bits per heavy atom. The molecule has 88 valence electrons. The highest BCUT2D eigenvalue weighted by molar-refractivity contribution is 7.80. The molecule has 0 aliphatic heterocycles. The smallest absolute Gasteiger partial charge is 0.0480 e. The quantitative estimate of drug-likeness (QED) is 0.560. The number of benzene rings is 2. The van der Waals surface area contributed by atoms with Gasteiger partial charge in [-0.25, -0.2) is 0 Å². The van der Waals surface area contributed by atoms with Crippen LogP contribution in [0.15, 0.2) is 41.3 Å². The molecule has 0 radical (unpaired) electrons. The van der Waals surface area contributed by atoms with E-state index < -0.39 is 0 Å². The SMILES string of the molecule is Cc1cc(Nc2ccc(Cl)cc2)cc(S)c1N. The van der Waals surface area contributed by atoms with E-state index in [0.717, 1.165) is 32.5 Å². The number of thiol groups is 1. The molecule has 0 heterocycles. The summed E-state index contributed by atoms with van der Waals surface area (Å²) in [5.41, 5.74) is 9.51. The molecule has 3 N–H and O–H groups in total. The van der Waals surface area contributed by atoms with Crippen molar-refractivity contribution >= 4 is 41.3 Å². The number of nitrogen functional groups attached to an aromatic ring is 1. The summed E-state index contributed by atoms with van der Waals surface area (Å²) in [7, 11) is 0. The summed E-state index contributed by atoms with van der Waals surface area (Å²) in [6, 6.07) is 11.4. The minimum Gasteiger partial charge on any atom is -0.398 e. The number of rotatable bonds is 2. The highest BCUT2D eigenvalue weighted by Gasteiger charge is 2.02. The van der Waals surface area contributed by atoms with Gasteiger partial charge in [-0.05, 0) is 48.9 Å². The Kier molecular flexibility index (Phi) is 3.50. The first-order valence-corrected chi connectivity index (χ1v) is 6.00. The Morgan fingerprint density at radius 2 is 1.76 bits per heavy atom. The minimum atomic E-state index is 0.718. The van der Waals surface area contributed by atoms with E-state index >= 15 is 0 Å². The fourth-order valence-electron chi connectivity index (χ4n) is 1.55. The lowest BCUT2D eigenvalue weighted by atomic mass is 10.1. The van der Waals surface area contributed by atoms with Gasteiger partial charge >= 0.3 is 0 Å². The molecule has 0 fully saturated rings. The zero-order valence-electron chi connectivity index (χ0n) is 9.37. The number of hydrogen-bond donors (Lipinski definition) is 3. The summed E-state index contributed by atoms with van der Waals surface area (Å²) in [6.07, 6.45) is 0. The lowest BCUT2D eigenvalue weighted by Crippen LogP contribution is -1.95. The molecule has 0 aliphatic carbocycles. The van der Waals surface area contributed by atoms with Gasteiger partial charge in [-0.15, -0.1) is 12.6 Å². The number of nitrogens with one attached hydrogen (secondary N) is 1. The Morgan fingerprint density at radius 3 is 2.35 bits per heavy atom. The number of anilines is 3. The van der Waals surface area contributed by atoms with Crippen LogP contribution in [0, 0.1) is 6.92 Å². The first-order valence-electron chi connectivity index (χ1n) is 5.18. The van der Waals surface area contributed by atoms with E-state index in [1.807, 2.05) is 43.3 Å². The van der Waals surface area contributed by atoms with Crippen LogP contribution in [-0.2, 0) is 0 Å². The van der Waals surface area contributed by atoms with Crippen LogP contribution in [-0.4, -0.2) is 0 Å². The van der Waals surface area contributed by atoms with Gasteiger partial charge in [0.15, 0.2) is 0 Å². The predicted octanol–water partition coefficient (Wildman–Crippen LogP) is 4.26. The zero-order chi connectivity index (χ0) is 12.4. The van der Waals surface area contributed by atoms with Crippen LogP contribution in [0.25, 0.3) is 0 Å². The van der Waals surface area contributed by atoms with E-state index in [9.17, 15) is 0 Å². The average molecular weight is 265 g/mol. The molecule has 2 aromatic rings. The van der Waals surface area contributed by atoms with Crippen molar-refractivity contribution in [3.05, 3.63) is 47.0 Å². The van der Waals surface area contributed by atoms with Gasteiger partial charge in [0.1, 0.15) is 0 Å². The van der Waals surface area contributed by atoms with Gasteiger partial charge in [-0.2, -0.15) is 0 Å². The van der Waals surface area contributed by atoms with E-state index in [0.29, 0.717) is 0 Å². The van der Waals surface area contributed by atoms with E-state index in [4.69, 9.17) is 17.3 Å². The van der Waals surface area contributed by atoms with Crippen molar-refractivity contribution in [1.82, 2.24) is 0 Å². The van der Waals surface area contributed by atoms with Crippen LogP contribution < -0.4 is 11.1 Å². The summed E-state index contributed by atoms with van der Waals surface area (Å²) in [5.74, 6) is 0. The van der Waals surface area contributed by atoms with Crippen LogP contribution in [0.5, 0.6) is 0 Å². The van der Waals surface area contributed by atoms with Crippen LogP contribution in [0.3, 0.4) is 0 Å². The Balaban J connectivity index is 2.27. The highest BCUT2D eigenvalue weighted by Crippen LogP contribution is 2.27. The van der Waals surface area contributed by atoms with Crippen molar-refractivity contribution in [3.63, 3.8) is 0 Å². The van der Waals surface area contributed by atoms with Crippen LogP contribution in [0.4, 0.5) is 17.1 Å². The standard InChI is InChI=1S/C13H13ClN2S/c1-8-6-11(7-12(17)13(8)15)16-10-4-2-9(14)3-5-10/h2-7,16-17H,15H2,1H3. The summed E-state index contributed by atoms with van der Waals surface area (Å²) < 4.78 is 0. The fourth-order valence-corrected chi connectivity index (χ4v) is 1.99. The van der Waals surface area contributed by atoms with Gasteiger partial charge < -0.3 is 11.1 Å². The monoisotopic (exact) mass is 264 g/mol. The second kappa shape index (κ2) is 4.90. The average Bonchev–Trinajstić information content (AvgIpc) is 2.29. The maximum atomic E-state index is 5.84. The molecule has 0 aromatic heterocycles. The third-order valence-electron chi connectivity index (χ3n) is 2.50. The first-order chi connectivity index (χ1) is 8.06. The molecule has 0 atom stereocenters. The molecular formula is C13H13ClN2S. The molecule has 2 aromatic carbocycles. The summed E-state index contributed by atoms with van der Waals surface area (Å²) >= 11 is 10.2. The van der Waals surface area contributed by atoms with Gasteiger partial charge in [-0.1, -0.05) is 11.6 Å². The largest absolute Gasteiger partial charge is 0.398 e. The molecule has 4 heteroatoms. The Bertz CT molecular complexity index is 515. The molecule has 0 saturated heterocycles. The second-order valence-electron chi connectivity index (χ2n) is 3.86. The van der Waals surface area contributed by atoms with E-state index in [1.54, 1.807) is 0 Å². The van der Waals surface area contributed by atoms with Crippen molar-refractivity contribution in [2.75, 3.05) is 11.1 Å². The fraction of sp³-hybridized carbons (Fsp3) is 0.0769. The van der Waals surface area contributed by atoms with Gasteiger partial charge in [0.05, 0.1) is 0 Å². The van der Waals surface area contributed by atoms with Gasteiger partial charge in [0.25, 0.3) is 0 Å². The Hall–Kier alpha value is -1.32. The third-order valence-corrected chi connectivity index (χ3v) is 3.12. The molecule has 0 unspecified atom stereocenters. The number of nitrogens with two attached hydrogens (primary N) is 1. The predicted molar refractivity (Wildman–Crippen MR) is 77.6 cm³/mol. The molecule has 0 saturated carbocycles.